The van der Waals surface area contributed by atoms with Gasteiger partial charge in [-0.1, -0.05) is 24.3 Å². The topological polar surface area (TPSA) is 69.6 Å². The molecular formula is C16H16N2O3. The Labute approximate surface area is 122 Å². The molecule has 2 N–H and O–H groups in total. The van der Waals surface area contributed by atoms with Crippen molar-refractivity contribution in [1.29, 1.82) is 0 Å². The molecule has 2 amide bonds. The van der Waals surface area contributed by atoms with Gasteiger partial charge in [0.05, 0.1) is 11.3 Å². The fraction of sp³-hybridized carbons (Fsp3) is 0.125. The molecule has 108 valence electrons. The van der Waals surface area contributed by atoms with Gasteiger partial charge >= 0.3 is 6.09 Å². The second-order valence-corrected chi connectivity index (χ2v) is 4.68. The molecule has 0 bridgehead atoms. The monoisotopic (exact) mass is 284 g/mol. The van der Waals surface area contributed by atoms with Crippen LogP contribution in [0, 0.1) is 6.92 Å². The maximum atomic E-state index is 12.3. The van der Waals surface area contributed by atoms with E-state index < -0.39 is 6.09 Å². The molecule has 0 atom stereocenters. The lowest BCUT2D eigenvalue weighted by Gasteiger charge is -2.17. The second-order valence-electron chi connectivity index (χ2n) is 4.68. The summed E-state index contributed by atoms with van der Waals surface area (Å²) in [6.07, 6.45) is -1.12. The first-order chi connectivity index (χ1) is 9.99. The van der Waals surface area contributed by atoms with E-state index in [0.717, 1.165) is 10.5 Å². The highest BCUT2D eigenvalue weighted by molar-refractivity contribution is 6.09. The number of hydrogen-bond donors (Lipinski definition) is 2. The van der Waals surface area contributed by atoms with E-state index >= 15 is 0 Å². The standard InChI is InChI=1S/C16H16N2O3/c1-11-6-5-7-12(10-11)17-15(19)13-8-3-4-9-14(13)18(2)16(20)21/h3-10H,1-2H3,(H,17,19)(H,20,21). The zero-order valence-electron chi connectivity index (χ0n) is 11.8. The van der Waals surface area contributed by atoms with E-state index in [2.05, 4.69) is 5.32 Å². The maximum absolute atomic E-state index is 12.3. The minimum Gasteiger partial charge on any atom is -0.465 e. The van der Waals surface area contributed by atoms with Gasteiger partial charge in [0.1, 0.15) is 0 Å². The predicted octanol–water partition coefficient (Wildman–Crippen LogP) is 3.36. The molecule has 0 heterocycles. The van der Waals surface area contributed by atoms with Gasteiger partial charge in [-0.25, -0.2) is 4.79 Å². The number of para-hydroxylation sites is 1. The fourth-order valence-electron chi connectivity index (χ4n) is 1.98. The first kappa shape index (κ1) is 14.6. The minimum absolute atomic E-state index is 0.309. The summed E-state index contributed by atoms with van der Waals surface area (Å²) in [4.78, 5) is 24.4. The summed E-state index contributed by atoms with van der Waals surface area (Å²) in [7, 11) is 1.40. The lowest BCUT2D eigenvalue weighted by Crippen LogP contribution is -2.26. The van der Waals surface area contributed by atoms with Crippen LogP contribution in [0.3, 0.4) is 0 Å². The van der Waals surface area contributed by atoms with Crippen molar-refractivity contribution in [3.63, 3.8) is 0 Å². The number of nitrogens with zero attached hydrogens (tertiary/aromatic N) is 1. The summed E-state index contributed by atoms with van der Waals surface area (Å²) in [6, 6.07) is 14.0. The molecule has 5 heteroatoms. The molecule has 0 radical (unpaired) electrons. The number of carbonyl (C=O) groups excluding carboxylic acids is 1. The van der Waals surface area contributed by atoms with Crippen LogP contribution in [0.4, 0.5) is 16.2 Å². The summed E-state index contributed by atoms with van der Waals surface area (Å²) in [5.41, 5.74) is 2.36. The largest absolute Gasteiger partial charge is 0.465 e. The molecule has 0 fully saturated rings. The summed E-state index contributed by atoms with van der Waals surface area (Å²) < 4.78 is 0. The van der Waals surface area contributed by atoms with Crippen LogP contribution in [0.1, 0.15) is 15.9 Å². The summed E-state index contributed by atoms with van der Waals surface area (Å²) >= 11 is 0. The Morgan fingerprint density at radius 3 is 2.48 bits per heavy atom. The van der Waals surface area contributed by atoms with Gasteiger partial charge < -0.3 is 10.4 Å². The maximum Gasteiger partial charge on any atom is 0.411 e. The lowest BCUT2D eigenvalue weighted by atomic mass is 10.1. The zero-order valence-corrected chi connectivity index (χ0v) is 11.8. The van der Waals surface area contributed by atoms with E-state index in [4.69, 9.17) is 5.11 Å². The fourth-order valence-corrected chi connectivity index (χ4v) is 1.98. The number of nitrogens with one attached hydrogen (secondary N) is 1. The number of hydrogen-bond acceptors (Lipinski definition) is 2. The van der Waals surface area contributed by atoms with Crippen LogP contribution in [0.5, 0.6) is 0 Å². The van der Waals surface area contributed by atoms with Crippen molar-refractivity contribution in [3.05, 3.63) is 59.7 Å². The van der Waals surface area contributed by atoms with E-state index in [1.807, 2.05) is 25.1 Å². The third-order valence-corrected chi connectivity index (χ3v) is 3.07. The number of carbonyl (C=O) groups is 2. The second kappa shape index (κ2) is 6.09. The first-order valence-corrected chi connectivity index (χ1v) is 6.42. The van der Waals surface area contributed by atoms with E-state index in [9.17, 15) is 9.59 Å². The van der Waals surface area contributed by atoms with Crippen LogP contribution in [0.15, 0.2) is 48.5 Å². The molecule has 0 saturated carbocycles. The Kier molecular flexibility index (Phi) is 4.23. The highest BCUT2D eigenvalue weighted by Crippen LogP contribution is 2.21. The average molecular weight is 284 g/mol. The molecule has 2 rings (SSSR count). The number of rotatable bonds is 3. The molecule has 2 aromatic rings. The number of aryl methyl sites for hydroxylation is 1. The van der Waals surface area contributed by atoms with E-state index in [1.54, 1.807) is 30.3 Å². The molecule has 0 spiro atoms. The minimum atomic E-state index is -1.12. The molecule has 21 heavy (non-hydrogen) atoms. The molecule has 0 aliphatic heterocycles. The van der Waals surface area contributed by atoms with E-state index in [1.165, 1.54) is 7.05 Å². The quantitative estimate of drug-likeness (QED) is 0.908. The molecular weight excluding hydrogens is 268 g/mol. The van der Waals surface area contributed by atoms with Crippen LogP contribution in [0.25, 0.3) is 0 Å². The van der Waals surface area contributed by atoms with Gasteiger partial charge in [0, 0.05) is 12.7 Å². The number of carboxylic acid groups (broad SMARTS) is 1. The van der Waals surface area contributed by atoms with E-state index in [-0.39, 0.29) is 5.91 Å². The molecule has 0 aliphatic rings. The van der Waals surface area contributed by atoms with Crippen molar-refractivity contribution in [2.75, 3.05) is 17.3 Å². The summed E-state index contributed by atoms with van der Waals surface area (Å²) in [6.45, 7) is 1.93. The van der Waals surface area contributed by atoms with Gasteiger partial charge in [0.2, 0.25) is 0 Å². The van der Waals surface area contributed by atoms with Crippen molar-refractivity contribution in [2.24, 2.45) is 0 Å². The number of anilines is 2. The number of amides is 2. The van der Waals surface area contributed by atoms with Crippen LogP contribution in [-0.2, 0) is 0 Å². The lowest BCUT2D eigenvalue weighted by molar-refractivity contribution is 0.102. The van der Waals surface area contributed by atoms with Crippen molar-refractivity contribution < 1.29 is 14.7 Å². The summed E-state index contributed by atoms with van der Waals surface area (Å²) in [5.74, 6) is -0.343. The van der Waals surface area contributed by atoms with E-state index in [0.29, 0.717) is 16.9 Å². The van der Waals surface area contributed by atoms with Gasteiger partial charge in [0.25, 0.3) is 5.91 Å². The van der Waals surface area contributed by atoms with Gasteiger partial charge in [-0.05, 0) is 36.8 Å². The van der Waals surface area contributed by atoms with Gasteiger partial charge in [0.15, 0.2) is 0 Å². The smallest absolute Gasteiger partial charge is 0.411 e. The Morgan fingerprint density at radius 1 is 1.10 bits per heavy atom. The molecule has 0 saturated heterocycles. The molecule has 0 aliphatic carbocycles. The van der Waals surface area contributed by atoms with Crippen LogP contribution in [0.2, 0.25) is 0 Å². The SMILES string of the molecule is Cc1cccc(NC(=O)c2ccccc2N(C)C(=O)O)c1. The Morgan fingerprint density at radius 2 is 1.81 bits per heavy atom. The molecule has 2 aromatic carbocycles. The summed E-state index contributed by atoms with van der Waals surface area (Å²) in [5, 5.41) is 11.8. The number of benzene rings is 2. The Bertz CT molecular complexity index is 683. The van der Waals surface area contributed by atoms with Crippen molar-refractivity contribution in [3.8, 4) is 0 Å². The molecule has 5 nitrogen and oxygen atoms in total. The highest BCUT2D eigenvalue weighted by atomic mass is 16.4. The molecule has 0 unspecified atom stereocenters. The first-order valence-electron chi connectivity index (χ1n) is 6.42. The van der Waals surface area contributed by atoms with Crippen molar-refractivity contribution in [2.45, 2.75) is 6.92 Å². The molecule has 0 aromatic heterocycles. The average Bonchev–Trinajstić information content (AvgIpc) is 2.46. The van der Waals surface area contributed by atoms with Gasteiger partial charge in [-0.15, -0.1) is 0 Å². The highest BCUT2D eigenvalue weighted by Gasteiger charge is 2.17. The van der Waals surface area contributed by atoms with Gasteiger partial charge in [-0.3, -0.25) is 9.69 Å². The van der Waals surface area contributed by atoms with Crippen molar-refractivity contribution in [1.82, 2.24) is 0 Å². The Hall–Kier alpha value is -2.82. The normalized spacial score (nSPS) is 10.0. The predicted molar refractivity (Wildman–Crippen MR) is 82.0 cm³/mol. The van der Waals surface area contributed by atoms with Crippen LogP contribution >= 0.6 is 0 Å². The van der Waals surface area contributed by atoms with Crippen LogP contribution in [-0.4, -0.2) is 24.2 Å². The zero-order chi connectivity index (χ0) is 15.4. The van der Waals surface area contributed by atoms with Crippen LogP contribution < -0.4 is 10.2 Å². The Balaban J connectivity index is 2.29. The third-order valence-electron chi connectivity index (χ3n) is 3.07. The van der Waals surface area contributed by atoms with Crippen molar-refractivity contribution >= 4 is 23.4 Å². The van der Waals surface area contributed by atoms with Gasteiger partial charge in [-0.2, -0.15) is 0 Å². The third kappa shape index (κ3) is 3.39.